The number of thiazole rings is 1. The molecule has 0 bridgehead atoms. The second kappa shape index (κ2) is 7.48. The number of fused-ring (bicyclic) bond motifs is 1. The Labute approximate surface area is 162 Å². The molecule has 1 atom stereocenters. The van der Waals surface area contributed by atoms with Crippen LogP contribution in [0.1, 0.15) is 17.0 Å². The number of aromatic nitrogens is 1. The van der Waals surface area contributed by atoms with Crippen molar-refractivity contribution in [2.75, 3.05) is 18.0 Å². The summed E-state index contributed by atoms with van der Waals surface area (Å²) in [6.45, 7) is 2.98. The number of benzene rings is 2. The molecule has 0 spiro atoms. The van der Waals surface area contributed by atoms with E-state index < -0.39 is 0 Å². The van der Waals surface area contributed by atoms with Gasteiger partial charge in [-0.2, -0.15) is 0 Å². The van der Waals surface area contributed by atoms with Crippen LogP contribution in [0.2, 0.25) is 0 Å². The maximum absolute atomic E-state index is 12.5. The van der Waals surface area contributed by atoms with Crippen molar-refractivity contribution in [2.45, 2.75) is 19.8 Å². The Bertz CT molecular complexity index is 984. The Morgan fingerprint density at radius 2 is 2.07 bits per heavy atom. The lowest BCUT2D eigenvalue weighted by atomic mass is 10.1. The lowest BCUT2D eigenvalue weighted by Crippen LogP contribution is -2.34. The van der Waals surface area contributed by atoms with Gasteiger partial charge in [0.05, 0.1) is 21.1 Å². The quantitative estimate of drug-likeness (QED) is 0.740. The van der Waals surface area contributed by atoms with Crippen LogP contribution in [-0.2, 0) is 16.0 Å². The van der Waals surface area contributed by atoms with Gasteiger partial charge >= 0.3 is 0 Å². The van der Waals surface area contributed by atoms with Gasteiger partial charge in [-0.05, 0) is 37.1 Å². The highest BCUT2D eigenvalue weighted by atomic mass is 32.1. The summed E-state index contributed by atoms with van der Waals surface area (Å²) in [5.74, 6) is -0.363. The largest absolute Gasteiger partial charge is 0.355 e. The van der Waals surface area contributed by atoms with E-state index in [1.807, 2.05) is 55.5 Å². The van der Waals surface area contributed by atoms with E-state index in [1.54, 1.807) is 16.2 Å². The molecule has 0 saturated carbocycles. The maximum Gasteiger partial charge on any atom is 0.227 e. The molecule has 2 heterocycles. The third kappa shape index (κ3) is 3.85. The van der Waals surface area contributed by atoms with Gasteiger partial charge in [-0.15, -0.1) is 11.3 Å². The molecule has 0 aliphatic carbocycles. The fourth-order valence-corrected chi connectivity index (χ4v) is 4.26. The molecule has 1 aliphatic rings. The van der Waals surface area contributed by atoms with Crippen LogP contribution >= 0.6 is 11.3 Å². The van der Waals surface area contributed by atoms with E-state index in [9.17, 15) is 9.59 Å². The van der Waals surface area contributed by atoms with Crippen molar-refractivity contribution in [3.8, 4) is 0 Å². The molecular weight excluding hydrogens is 358 g/mol. The molecule has 3 aromatic rings. The first-order valence-electron chi connectivity index (χ1n) is 9.09. The lowest BCUT2D eigenvalue weighted by molar-refractivity contribution is -0.126. The van der Waals surface area contributed by atoms with Crippen molar-refractivity contribution in [1.29, 1.82) is 0 Å². The lowest BCUT2D eigenvalue weighted by Gasteiger charge is -2.16. The second-order valence-electron chi connectivity index (χ2n) is 6.82. The molecule has 4 rings (SSSR count). The minimum absolute atomic E-state index is 0.00971. The highest BCUT2D eigenvalue weighted by Gasteiger charge is 2.35. The SMILES string of the molecule is Cc1nc2cc(N3CC(C(=O)NCCc4ccccc4)CC3=O)ccc2s1. The van der Waals surface area contributed by atoms with Crippen molar-refractivity contribution in [3.63, 3.8) is 0 Å². The van der Waals surface area contributed by atoms with Crippen LogP contribution in [0.5, 0.6) is 0 Å². The van der Waals surface area contributed by atoms with Gasteiger partial charge in [0.1, 0.15) is 0 Å². The third-order valence-corrected chi connectivity index (χ3v) is 5.79. The van der Waals surface area contributed by atoms with E-state index in [1.165, 1.54) is 5.56 Å². The van der Waals surface area contributed by atoms with Gasteiger partial charge in [0.2, 0.25) is 11.8 Å². The first kappa shape index (κ1) is 17.7. The van der Waals surface area contributed by atoms with Crippen LogP contribution in [0.3, 0.4) is 0 Å². The van der Waals surface area contributed by atoms with Crippen molar-refractivity contribution in [2.24, 2.45) is 5.92 Å². The zero-order chi connectivity index (χ0) is 18.8. The molecular formula is C21H21N3O2S. The van der Waals surface area contributed by atoms with Crippen LogP contribution in [0.25, 0.3) is 10.2 Å². The zero-order valence-electron chi connectivity index (χ0n) is 15.1. The first-order chi connectivity index (χ1) is 13.1. The molecule has 1 N–H and O–H groups in total. The molecule has 1 unspecified atom stereocenters. The summed E-state index contributed by atoms with van der Waals surface area (Å²) in [6.07, 6.45) is 1.04. The summed E-state index contributed by atoms with van der Waals surface area (Å²) >= 11 is 1.64. The Morgan fingerprint density at radius 3 is 2.89 bits per heavy atom. The van der Waals surface area contributed by atoms with Gasteiger partial charge < -0.3 is 10.2 Å². The number of amides is 2. The predicted molar refractivity (Wildman–Crippen MR) is 108 cm³/mol. The van der Waals surface area contributed by atoms with E-state index in [2.05, 4.69) is 10.3 Å². The van der Waals surface area contributed by atoms with Crippen LogP contribution in [0.4, 0.5) is 5.69 Å². The van der Waals surface area contributed by atoms with Gasteiger partial charge in [0.15, 0.2) is 0 Å². The monoisotopic (exact) mass is 379 g/mol. The molecule has 0 radical (unpaired) electrons. The molecule has 2 amide bonds. The maximum atomic E-state index is 12.5. The molecule has 2 aromatic carbocycles. The standard InChI is InChI=1S/C21H21N3O2S/c1-14-23-18-12-17(7-8-19(18)27-14)24-13-16(11-20(24)25)21(26)22-10-9-15-5-3-2-4-6-15/h2-8,12,16H,9-11,13H2,1H3,(H,22,26). The number of carbonyl (C=O) groups is 2. The van der Waals surface area contributed by atoms with Crippen molar-refractivity contribution in [3.05, 3.63) is 59.1 Å². The topological polar surface area (TPSA) is 62.3 Å². The summed E-state index contributed by atoms with van der Waals surface area (Å²) in [5, 5.41) is 3.98. The fraction of sp³-hybridized carbons (Fsp3) is 0.286. The van der Waals surface area contributed by atoms with Crippen molar-refractivity contribution >= 4 is 39.1 Å². The number of hydrogen-bond acceptors (Lipinski definition) is 4. The molecule has 5 nitrogen and oxygen atoms in total. The molecule has 1 fully saturated rings. The Morgan fingerprint density at radius 1 is 1.26 bits per heavy atom. The normalized spacial score (nSPS) is 16.9. The number of nitrogens with zero attached hydrogens (tertiary/aromatic N) is 2. The zero-order valence-corrected chi connectivity index (χ0v) is 16.0. The number of nitrogens with one attached hydrogen (secondary N) is 1. The Balaban J connectivity index is 1.38. The van der Waals surface area contributed by atoms with E-state index in [0.29, 0.717) is 13.1 Å². The number of hydrogen-bond donors (Lipinski definition) is 1. The van der Waals surface area contributed by atoms with E-state index in [-0.39, 0.29) is 24.2 Å². The third-order valence-electron chi connectivity index (χ3n) is 4.84. The summed E-state index contributed by atoms with van der Waals surface area (Å²) in [7, 11) is 0. The highest BCUT2D eigenvalue weighted by molar-refractivity contribution is 7.18. The minimum Gasteiger partial charge on any atom is -0.355 e. The average Bonchev–Trinajstić information content (AvgIpc) is 3.23. The van der Waals surface area contributed by atoms with Crippen molar-refractivity contribution < 1.29 is 9.59 Å². The van der Waals surface area contributed by atoms with Crippen LogP contribution < -0.4 is 10.2 Å². The second-order valence-corrected chi connectivity index (χ2v) is 8.05. The van der Waals surface area contributed by atoms with Gasteiger partial charge in [-0.25, -0.2) is 4.98 Å². The number of aryl methyl sites for hydroxylation is 1. The Kier molecular flexibility index (Phi) is 4.90. The molecule has 1 saturated heterocycles. The number of carbonyl (C=O) groups excluding carboxylic acids is 2. The van der Waals surface area contributed by atoms with Gasteiger partial charge in [0, 0.05) is 25.2 Å². The van der Waals surface area contributed by atoms with E-state index in [4.69, 9.17) is 0 Å². The summed E-state index contributed by atoms with van der Waals surface area (Å²) in [5.41, 5.74) is 2.91. The molecule has 1 aromatic heterocycles. The minimum atomic E-state index is -0.304. The smallest absolute Gasteiger partial charge is 0.227 e. The van der Waals surface area contributed by atoms with E-state index >= 15 is 0 Å². The average molecular weight is 379 g/mol. The predicted octanol–water partition coefficient (Wildman–Crippen LogP) is 3.32. The van der Waals surface area contributed by atoms with Crippen LogP contribution in [0, 0.1) is 12.8 Å². The van der Waals surface area contributed by atoms with Crippen LogP contribution in [0.15, 0.2) is 48.5 Å². The van der Waals surface area contributed by atoms with Gasteiger partial charge in [-0.1, -0.05) is 30.3 Å². The fourth-order valence-electron chi connectivity index (χ4n) is 3.45. The first-order valence-corrected chi connectivity index (χ1v) is 9.91. The summed E-state index contributed by atoms with van der Waals surface area (Å²) < 4.78 is 1.11. The van der Waals surface area contributed by atoms with E-state index in [0.717, 1.165) is 27.3 Å². The van der Waals surface area contributed by atoms with Crippen molar-refractivity contribution in [1.82, 2.24) is 10.3 Å². The Hall–Kier alpha value is -2.73. The summed E-state index contributed by atoms with van der Waals surface area (Å²) in [6, 6.07) is 15.9. The molecule has 138 valence electrons. The molecule has 1 aliphatic heterocycles. The molecule has 6 heteroatoms. The highest BCUT2D eigenvalue weighted by Crippen LogP contribution is 2.30. The van der Waals surface area contributed by atoms with Gasteiger partial charge in [-0.3, -0.25) is 9.59 Å². The summed E-state index contributed by atoms with van der Waals surface area (Å²) in [4.78, 5) is 31.1. The number of anilines is 1. The number of rotatable bonds is 5. The molecule has 27 heavy (non-hydrogen) atoms. The van der Waals surface area contributed by atoms with Crippen LogP contribution in [-0.4, -0.2) is 29.9 Å². The van der Waals surface area contributed by atoms with Gasteiger partial charge in [0.25, 0.3) is 0 Å².